The van der Waals surface area contributed by atoms with Gasteiger partial charge in [0.25, 0.3) is 0 Å². The number of amides is 1. The Morgan fingerprint density at radius 1 is 1.68 bits per heavy atom. The Kier molecular flexibility index (Phi) is 6.30. The SMILES string of the molecule is CCCC(C(=O)N(C)Cc1cc(Br)cs1)C(N)=NO. The van der Waals surface area contributed by atoms with Crippen LogP contribution in [0.1, 0.15) is 24.6 Å². The number of hydrogen-bond acceptors (Lipinski definition) is 4. The Hall–Kier alpha value is -1.08. The van der Waals surface area contributed by atoms with Crippen molar-refractivity contribution in [2.75, 3.05) is 7.05 Å². The number of nitrogens with zero attached hydrogens (tertiary/aromatic N) is 2. The van der Waals surface area contributed by atoms with Crippen molar-refractivity contribution in [1.29, 1.82) is 0 Å². The number of halogens is 1. The Balaban J connectivity index is 2.73. The number of amidine groups is 1. The maximum atomic E-state index is 12.3. The van der Waals surface area contributed by atoms with Crippen LogP contribution in [-0.2, 0) is 11.3 Å². The van der Waals surface area contributed by atoms with Crippen molar-refractivity contribution in [2.24, 2.45) is 16.8 Å². The first kappa shape index (κ1) is 16.0. The van der Waals surface area contributed by atoms with E-state index >= 15 is 0 Å². The van der Waals surface area contributed by atoms with Gasteiger partial charge in [-0.15, -0.1) is 11.3 Å². The summed E-state index contributed by atoms with van der Waals surface area (Å²) in [6.45, 7) is 2.48. The summed E-state index contributed by atoms with van der Waals surface area (Å²) in [5, 5.41) is 13.7. The van der Waals surface area contributed by atoms with E-state index in [0.29, 0.717) is 13.0 Å². The van der Waals surface area contributed by atoms with Gasteiger partial charge >= 0.3 is 0 Å². The second-order valence-electron chi connectivity index (χ2n) is 4.29. The summed E-state index contributed by atoms with van der Waals surface area (Å²) < 4.78 is 1.01. The molecule has 3 N–H and O–H groups in total. The molecule has 7 heteroatoms. The highest BCUT2D eigenvalue weighted by molar-refractivity contribution is 9.10. The van der Waals surface area contributed by atoms with Gasteiger partial charge in [0.1, 0.15) is 0 Å². The van der Waals surface area contributed by atoms with Gasteiger partial charge in [-0.25, -0.2) is 0 Å². The molecule has 0 aromatic carbocycles. The lowest BCUT2D eigenvalue weighted by Gasteiger charge is -2.22. The minimum Gasteiger partial charge on any atom is -0.409 e. The molecule has 0 aliphatic carbocycles. The minimum absolute atomic E-state index is 0.0222. The molecular weight excluding hydrogens is 330 g/mol. The predicted molar refractivity (Wildman–Crippen MR) is 80.3 cm³/mol. The lowest BCUT2D eigenvalue weighted by molar-refractivity contribution is -0.132. The topological polar surface area (TPSA) is 78.9 Å². The molecule has 0 fully saturated rings. The summed E-state index contributed by atoms with van der Waals surface area (Å²) in [6.07, 6.45) is 1.37. The zero-order valence-electron chi connectivity index (χ0n) is 11.0. The fourth-order valence-corrected chi connectivity index (χ4v) is 3.27. The second kappa shape index (κ2) is 7.49. The van der Waals surface area contributed by atoms with E-state index in [9.17, 15) is 4.79 Å². The van der Waals surface area contributed by atoms with Crippen LogP contribution in [0.5, 0.6) is 0 Å². The Bertz CT molecular complexity index is 462. The Morgan fingerprint density at radius 2 is 2.37 bits per heavy atom. The number of carbonyl (C=O) groups is 1. The average molecular weight is 348 g/mol. The third-order valence-corrected chi connectivity index (χ3v) is 4.42. The smallest absolute Gasteiger partial charge is 0.233 e. The van der Waals surface area contributed by atoms with Gasteiger partial charge in [0, 0.05) is 21.8 Å². The maximum Gasteiger partial charge on any atom is 0.233 e. The molecule has 1 aromatic rings. The number of thiophene rings is 1. The lowest BCUT2D eigenvalue weighted by atomic mass is 10.0. The van der Waals surface area contributed by atoms with Crippen molar-refractivity contribution in [3.63, 3.8) is 0 Å². The Morgan fingerprint density at radius 3 is 2.84 bits per heavy atom. The number of oxime groups is 1. The largest absolute Gasteiger partial charge is 0.409 e. The van der Waals surface area contributed by atoms with Gasteiger partial charge < -0.3 is 15.8 Å². The molecule has 1 amide bonds. The van der Waals surface area contributed by atoms with Gasteiger partial charge in [0.2, 0.25) is 5.91 Å². The summed E-state index contributed by atoms with van der Waals surface area (Å²) in [7, 11) is 1.73. The molecule has 1 heterocycles. The summed E-state index contributed by atoms with van der Waals surface area (Å²) in [4.78, 5) is 15.0. The summed E-state index contributed by atoms with van der Waals surface area (Å²) in [6, 6.07) is 1.98. The molecule has 5 nitrogen and oxygen atoms in total. The highest BCUT2D eigenvalue weighted by Crippen LogP contribution is 2.21. The van der Waals surface area contributed by atoms with E-state index in [-0.39, 0.29) is 11.7 Å². The molecule has 106 valence electrons. The van der Waals surface area contributed by atoms with E-state index in [1.807, 2.05) is 18.4 Å². The van der Waals surface area contributed by atoms with Crippen molar-refractivity contribution in [2.45, 2.75) is 26.3 Å². The van der Waals surface area contributed by atoms with Crippen molar-refractivity contribution >= 4 is 39.0 Å². The molecule has 1 rings (SSSR count). The predicted octanol–water partition coefficient (Wildman–Crippen LogP) is 2.63. The number of rotatable bonds is 6. The van der Waals surface area contributed by atoms with Crippen LogP contribution in [-0.4, -0.2) is 28.9 Å². The van der Waals surface area contributed by atoms with Crippen LogP contribution in [0.2, 0.25) is 0 Å². The van der Waals surface area contributed by atoms with Gasteiger partial charge in [-0.1, -0.05) is 18.5 Å². The summed E-state index contributed by atoms with van der Waals surface area (Å²) >= 11 is 4.96. The van der Waals surface area contributed by atoms with Crippen LogP contribution in [0.4, 0.5) is 0 Å². The molecule has 0 spiro atoms. The van der Waals surface area contributed by atoms with Crippen LogP contribution in [0.15, 0.2) is 21.1 Å². The van der Waals surface area contributed by atoms with E-state index in [1.165, 1.54) is 0 Å². The van der Waals surface area contributed by atoms with E-state index in [0.717, 1.165) is 15.8 Å². The Labute approximate surface area is 125 Å². The normalized spacial score (nSPS) is 13.3. The molecule has 0 saturated carbocycles. The first-order valence-electron chi connectivity index (χ1n) is 5.94. The molecule has 1 atom stereocenters. The summed E-state index contributed by atoms with van der Waals surface area (Å²) in [5.41, 5.74) is 5.59. The highest BCUT2D eigenvalue weighted by atomic mass is 79.9. The van der Waals surface area contributed by atoms with Gasteiger partial charge in [-0.3, -0.25) is 4.79 Å². The number of carbonyl (C=O) groups excluding carboxylic acids is 1. The first-order valence-corrected chi connectivity index (χ1v) is 7.62. The molecule has 1 aromatic heterocycles. The lowest BCUT2D eigenvalue weighted by Crippen LogP contribution is -2.39. The first-order chi connectivity index (χ1) is 8.99. The molecule has 0 radical (unpaired) electrons. The van der Waals surface area contributed by atoms with Crippen LogP contribution in [0.3, 0.4) is 0 Å². The van der Waals surface area contributed by atoms with Crippen LogP contribution >= 0.6 is 27.3 Å². The van der Waals surface area contributed by atoms with Crippen LogP contribution in [0, 0.1) is 5.92 Å². The monoisotopic (exact) mass is 347 g/mol. The number of nitrogens with two attached hydrogens (primary N) is 1. The fourth-order valence-electron chi connectivity index (χ4n) is 1.77. The van der Waals surface area contributed by atoms with Gasteiger partial charge in [-0.2, -0.15) is 0 Å². The molecule has 0 aliphatic heterocycles. The molecule has 0 bridgehead atoms. The second-order valence-corrected chi connectivity index (χ2v) is 6.20. The standard InChI is InChI=1S/C12H18BrN3O2S/c1-3-4-10(11(14)15-18)12(17)16(2)6-9-5-8(13)7-19-9/h5,7,10,18H,3-4,6H2,1-2H3,(H2,14,15). The van der Waals surface area contributed by atoms with Crippen molar-refractivity contribution in [1.82, 2.24) is 4.90 Å². The molecule has 19 heavy (non-hydrogen) atoms. The third-order valence-electron chi connectivity index (χ3n) is 2.74. The van der Waals surface area contributed by atoms with Gasteiger partial charge in [0.05, 0.1) is 12.5 Å². The van der Waals surface area contributed by atoms with Crippen molar-refractivity contribution in [3.05, 3.63) is 20.8 Å². The van der Waals surface area contributed by atoms with Crippen LogP contribution < -0.4 is 5.73 Å². The quantitative estimate of drug-likeness (QED) is 0.359. The highest BCUT2D eigenvalue weighted by Gasteiger charge is 2.25. The maximum absolute atomic E-state index is 12.3. The summed E-state index contributed by atoms with van der Waals surface area (Å²) in [5.74, 6) is -0.698. The zero-order valence-corrected chi connectivity index (χ0v) is 13.4. The molecule has 0 aliphatic rings. The molecule has 0 saturated heterocycles. The van der Waals surface area contributed by atoms with E-state index in [2.05, 4.69) is 21.1 Å². The van der Waals surface area contributed by atoms with E-state index in [4.69, 9.17) is 10.9 Å². The minimum atomic E-state index is -0.552. The van der Waals surface area contributed by atoms with Crippen LogP contribution in [0.25, 0.3) is 0 Å². The number of hydrogen-bond donors (Lipinski definition) is 2. The average Bonchev–Trinajstić information content (AvgIpc) is 2.79. The zero-order chi connectivity index (χ0) is 14.4. The van der Waals surface area contributed by atoms with E-state index < -0.39 is 5.92 Å². The molecular formula is C12H18BrN3O2S. The fraction of sp³-hybridized carbons (Fsp3) is 0.500. The van der Waals surface area contributed by atoms with Crippen molar-refractivity contribution in [3.8, 4) is 0 Å². The molecule has 1 unspecified atom stereocenters. The van der Waals surface area contributed by atoms with E-state index in [1.54, 1.807) is 23.3 Å². The van der Waals surface area contributed by atoms with Gasteiger partial charge in [-0.05, 0) is 28.4 Å². The van der Waals surface area contributed by atoms with Gasteiger partial charge in [0.15, 0.2) is 5.84 Å². The van der Waals surface area contributed by atoms with Crippen molar-refractivity contribution < 1.29 is 10.0 Å². The third kappa shape index (κ3) is 4.50.